The maximum absolute atomic E-state index is 9.86. The first-order valence-corrected chi connectivity index (χ1v) is 5.91. The molecular weight excluding hydrogens is 196 g/mol. The van der Waals surface area contributed by atoms with Crippen LogP contribution in [0.15, 0.2) is 0 Å². The highest BCUT2D eigenvalue weighted by Crippen LogP contribution is 2.24. The number of hydrogen-bond acceptors (Lipinski definition) is 1. The lowest BCUT2D eigenvalue weighted by Crippen LogP contribution is -2.31. The van der Waals surface area contributed by atoms with Crippen LogP contribution < -0.4 is 0 Å². The van der Waals surface area contributed by atoms with E-state index < -0.39 is 5.60 Å². The Balaban J connectivity index is 4.09. The molecule has 2 atom stereocenters. The van der Waals surface area contributed by atoms with Crippen LogP contribution in [0, 0.1) is 18.3 Å². The molecule has 0 aliphatic rings. The number of rotatable bonds is 7. The predicted octanol–water partition coefficient (Wildman–Crippen LogP) is 3.20. The first-order valence-electron chi connectivity index (χ1n) is 5.38. The summed E-state index contributed by atoms with van der Waals surface area (Å²) in [6, 6.07) is 0. The van der Waals surface area contributed by atoms with Crippen molar-refractivity contribution in [2.45, 2.75) is 51.6 Å². The van der Waals surface area contributed by atoms with E-state index in [1.165, 1.54) is 12.8 Å². The first kappa shape index (κ1) is 13.8. The minimum atomic E-state index is -1.10. The Kier molecular flexibility index (Phi) is 7.05. The zero-order chi connectivity index (χ0) is 11.0. The van der Waals surface area contributed by atoms with Gasteiger partial charge in [0.1, 0.15) is 5.60 Å². The molecule has 0 aromatic rings. The summed E-state index contributed by atoms with van der Waals surface area (Å²) in [5, 5.41) is 9.86. The van der Waals surface area contributed by atoms with Crippen molar-refractivity contribution < 1.29 is 5.11 Å². The van der Waals surface area contributed by atoms with Crippen LogP contribution in [0.1, 0.15) is 46.0 Å². The van der Waals surface area contributed by atoms with E-state index in [9.17, 15) is 5.11 Å². The zero-order valence-electron chi connectivity index (χ0n) is 9.22. The van der Waals surface area contributed by atoms with Gasteiger partial charge in [0.05, 0.1) is 5.88 Å². The van der Waals surface area contributed by atoms with Crippen molar-refractivity contribution >= 4 is 11.6 Å². The summed E-state index contributed by atoms with van der Waals surface area (Å²) < 4.78 is 0. The molecule has 1 nitrogen and oxygen atoms in total. The highest BCUT2D eigenvalue weighted by atomic mass is 35.5. The van der Waals surface area contributed by atoms with E-state index in [1.54, 1.807) is 0 Å². The van der Waals surface area contributed by atoms with Crippen LogP contribution in [-0.2, 0) is 0 Å². The fraction of sp³-hybridized carbons (Fsp3) is 0.833. The summed E-state index contributed by atoms with van der Waals surface area (Å²) in [5.74, 6) is 3.02. The van der Waals surface area contributed by atoms with E-state index in [-0.39, 0.29) is 5.88 Å². The van der Waals surface area contributed by atoms with Gasteiger partial charge in [-0.15, -0.1) is 18.0 Å². The molecule has 0 bridgehead atoms. The monoisotopic (exact) mass is 216 g/mol. The van der Waals surface area contributed by atoms with Gasteiger partial charge in [-0.3, -0.25) is 0 Å². The first-order chi connectivity index (χ1) is 6.61. The Morgan fingerprint density at radius 2 is 2.14 bits per heavy atom. The molecule has 0 saturated heterocycles. The van der Waals surface area contributed by atoms with Crippen LogP contribution in [0.4, 0.5) is 0 Å². The Labute approximate surface area is 92.9 Å². The molecule has 0 saturated carbocycles. The number of alkyl halides is 1. The summed E-state index contributed by atoms with van der Waals surface area (Å²) in [5.41, 5.74) is -1.10. The lowest BCUT2D eigenvalue weighted by molar-refractivity contribution is 0.0916. The molecule has 82 valence electrons. The van der Waals surface area contributed by atoms with Gasteiger partial charge in [0.15, 0.2) is 0 Å². The lowest BCUT2D eigenvalue weighted by atomic mass is 9.87. The van der Waals surface area contributed by atoms with Crippen molar-refractivity contribution in [2.24, 2.45) is 5.92 Å². The molecule has 0 unspecified atom stereocenters. The Bertz CT molecular complexity index is 185. The maximum atomic E-state index is 9.86. The van der Waals surface area contributed by atoms with Crippen LogP contribution in [0.2, 0.25) is 0 Å². The number of unbranched alkanes of at least 4 members (excludes halogenated alkanes) is 1. The fourth-order valence-corrected chi connectivity index (χ4v) is 1.76. The van der Waals surface area contributed by atoms with E-state index in [4.69, 9.17) is 18.0 Å². The summed E-state index contributed by atoms with van der Waals surface area (Å²) in [7, 11) is 0. The average Bonchev–Trinajstić information content (AvgIpc) is 2.23. The van der Waals surface area contributed by atoms with Crippen molar-refractivity contribution in [3.8, 4) is 12.3 Å². The molecule has 0 rings (SSSR count). The topological polar surface area (TPSA) is 20.2 Å². The standard InChI is InChI=1S/C12H21ClO/c1-4-7-8-11(5-2)9-12(14,6-3)10-13/h3,11,14H,4-5,7-10H2,1-2H3/t11-,12-/m1/s1. The molecule has 1 N–H and O–H groups in total. The molecule has 0 amide bonds. The summed E-state index contributed by atoms with van der Waals surface area (Å²) in [6.45, 7) is 4.30. The largest absolute Gasteiger partial charge is 0.376 e. The molecule has 0 aromatic carbocycles. The highest BCUT2D eigenvalue weighted by molar-refractivity contribution is 6.18. The second kappa shape index (κ2) is 7.15. The minimum Gasteiger partial charge on any atom is -0.376 e. The quantitative estimate of drug-likeness (QED) is 0.512. The molecule has 0 heterocycles. The number of hydrogen-bond donors (Lipinski definition) is 1. The van der Waals surface area contributed by atoms with Gasteiger partial charge in [-0.1, -0.05) is 45.5 Å². The molecule has 0 radical (unpaired) electrons. The maximum Gasteiger partial charge on any atom is 0.138 e. The van der Waals surface area contributed by atoms with E-state index in [0.29, 0.717) is 12.3 Å². The highest BCUT2D eigenvalue weighted by Gasteiger charge is 2.26. The van der Waals surface area contributed by atoms with E-state index >= 15 is 0 Å². The molecule has 0 aliphatic carbocycles. The molecule has 2 heteroatoms. The van der Waals surface area contributed by atoms with Gasteiger partial charge in [-0.05, 0) is 12.3 Å². The van der Waals surface area contributed by atoms with E-state index in [0.717, 1.165) is 12.8 Å². The van der Waals surface area contributed by atoms with Gasteiger partial charge in [-0.2, -0.15) is 0 Å². The summed E-state index contributed by atoms with van der Waals surface area (Å²) in [4.78, 5) is 0. The molecule has 0 aromatic heterocycles. The Morgan fingerprint density at radius 3 is 2.50 bits per heavy atom. The molecule has 0 spiro atoms. The van der Waals surface area contributed by atoms with Crippen LogP contribution in [0.3, 0.4) is 0 Å². The van der Waals surface area contributed by atoms with Crippen LogP contribution in [0.5, 0.6) is 0 Å². The van der Waals surface area contributed by atoms with Gasteiger partial charge >= 0.3 is 0 Å². The second-order valence-corrected chi connectivity index (χ2v) is 4.20. The Morgan fingerprint density at radius 1 is 1.50 bits per heavy atom. The van der Waals surface area contributed by atoms with Gasteiger partial charge in [0, 0.05) is 0 Å². The van der Waals surface area contributed by atoms with Crippen LogP contribution >= 0.6 is 11.6 Å². The van der Waals surface area contributed by atoms with Gasteiger partial charge in [0.2, 0.25) is 0 Å². The van der Waals surface area contributed by atoms with Crippen molar-refractivity contribution in [1.29, 1.82) is 0 Å². The molecular formula is C12H21ClO. The van der Waals surface area contributed by atoms with Crippen molar-refractivity contribution in [2.75, 3.05) is 5.88 Å². The smallest absolute Gasteiger partial charge is 0.138 e. The van der Waals surface area contributed by atoms with Crippen molar-refractivity contribution in [3.63, 3.8) is 0 Å². The minimum absolute atomic E-state index is 0.131. The zero-order valence-corrected chi connectivity index (χ0v) is 9.98. The third kappa shape index (κ3) is 4.88. The van der Waals surface area contributed by atoms with Crippen molar-refractivity contribution in [3.05, 3.63) is 0 Å². The molecule has 14 heavy (non-hydrogen) atoms. The van der Waals surface area contributed by atoms with Crippen LogP contribution in [0.25, 0.3) is 0 Å². The second-order valence-electron chi connectivity index (χ2n) is 3.93. The van der Waals surface area contributed by atoms with Gasteiger partial charge in [-0.25, -0.2) is 0 Å². The fourth-order valence-electron chi connectivity index (χ4n) is 1.57. The Hall–Kier alpha value is -0.190. The SMILES string of the molecule is C#C[C@](O)(CCl)C[C@H](CC)CCCC. The average molecular weight is 217 g/mol. The third-order valence-electron chi connectivity index (χ3n) is 2.66. The summed E-state index contributed by atoms with van der Waals surface area (Å²) >= 11 is 5.65. The lowest BCUT2D eigenvalue weighted by Gasteiger charge is -2.24. The van der Waals surface area contributed by atoms with E-state index in [2.05, 4.69) is 19.8 Å². The normalized spacial score (nSPS) is 17.1. The van der Waals surface area contributed by atoms with E-state index in [1.807, 2.05) is 0 Å². The van der Waals surface area contributed by atoms with Gasteiger partial charge in [0.25, 0.3) is 0 Å². The molecule has 0 fully saturated rings. The van der Waals surface area contributed by atoms with Crippen molar-refractivity contribution in [1.82, 2.24) is 0 Å². The number of aliphatic hydroxyl groups is 1. The summed E-state index contributed by atoms with van der Waals surface area (Å²) in [6.07, 6.45) is 10.5. The third-order valence-corrected chi connectivity index (χ3v) is 3.10. The predicted molar refractivity (Wildman–Crippen MR) is 62.4 cm³/mol. The molecule has 0 aliphatic heterocycles. The number of terminal acetylenes is 1. The van der Waals surface area contributed by atoms with Gasteiger partial charge < -0.3 is 5.11 Å². The van der Waals surface area contributed by atoms with Crippen LogP contribution in [-0.4, -0.2) is 16.6 Å². The number of halogens is 1.